The number of ether oxygens (including phenoxy) is 4. The van der Waals surface area contributed by atoms with Gasteiger partial charge in [-0.05, 0) is 102 Å². The van der Waals surface area contributed by atoms with E-state index < -0.39 is 29.4 Å². The van der Waals surface area contributed by atoms with Crippen LogP contribution in [0.1, 0.15) is 70.3 Å². The zero-order chi connectivity index (χ0) is 41.9. The molecule has 1 atom stereocenters. The number of amides is 3. The number of esters is 1. The lowest BCUT2D eigenvalue weighted by atomic mass is 10.1. The molecule has 2 N–H and O–H groups in total. The van der Waals surface area contributed by atoms with Crippen LogP contribution in [0.4, 0.5) is 15.3 Å². The first-order valence-corrected chi connectivity index (χ1v) is 17.4. The van der Waals surface area contributed by atoms with Crippen molar-refractivity contribution in [2.24, 2.45) is 4.99 Å². The molecule has 0 aliphatic carbocycles. The van der Waals surface area contributed by atoms with E-state index in [1.54, 1.807) is 53.7 Å². The van der Waals surface area contributed by atoms with E-state index in [2.05, 4.69) is 15.6 Å². The van der Waals surface area contributed by atoms with Gasteiger partial charge in [0, 0.05) is 24.4 Å². The highest BCUT2D eigenvalue weighted by Crippen LogP contribution is 2.26. The van der Waals surface area contributed by atoms with Crippen LogP contribution in [-0.2, 0) is 39.9 Å². The summed E-state index contributed by atoms with van der Waals surface area (Å²) in [5.74, 6) is 0.181. The van der Waals surface area contributed by atoms with Crippen LogP contribution in [0.25, 0.3) is 0 Å². The molecule has 0 bridgehead atoms. The molecule has 3 aromatic rings. The maximum absolute atomic E-state index is 12.9. The van der Waals surface area contributed by atoms with Crippen molar-refractivity contribution in [1.29, 1.82) is 0 Å². The number of para-hydroxylation sites is 1. The highest BCUT2D eigenvalue weighted by atomic mass is 35.5. The van der Waals surface area contributed by atoms with E-state index in [0.29, 0.717) is 30.2 Å². The first-order chi connectivity index (χ1) is 26.4. The molecular formula is C39H43ClN4O12. The van der Waals surface area contributed by atoms with Gasteiger partial charge in [0.05, 0.1) is 17.8 Å². The number of hydrogen-bond acceptors (Lipinski definition) is 13. The Morgan fingerprint density at radius 1 is 0.804 bits per heavy atom. The summed E-state index contributed by atoms with van der Waals surface area (Å²) in [5.41, 5.74) is -0.294. The van der Waals surface area contributed by atoms with Gasteiger partial charge in [-0.2, -0.15) is 19.2 Å². The fraction of sp³-hybridized carbons (Fsp3) is 0.359. The Bertz CT molecular complexity index is 1850. The number of alkyl carbamates (subject to hydrolysis) is 2. The molecule has 0 spiro atoms. The van der Waals surface area contributed by atoms with E-state index in [9.17, 15) is 19.2 Å². The van der Waals surface area contributed by atoms with E-state index in [1.165, 1.54) is 30.3 Å². The number of benzene rings is 3. The second-order valence-electron chi connectivity index (χ2n) is 13.8. The number of carbonyl (C=O) groups excluding carboxylic acids is 8. The van der Waals surface area contributed by atoms with Crippen LogP contribution in [0.2, 0.25) is 5.02 Å². The minimum absolute atomic E-state index is 0.0249. The molecule has 16 nitrogen and oxygen atoms in total. The van der Waals surface area contributed by atoms with Crippen molar-refractivity contribution < 1.29 is 57.3 Å². The number of carbonyl (C=O) groups is 4. The molecule has 0 radical (unpaired) electrons. The fourth-order valence-corrected chi connectivity index (χ4v) is 5.06. The number of guanidine groups is 1. The maximum atomic E-state index is 12.9. The summed E-state index contributed by atoms with van der Waals surface area (Å²) in [6.07, 6.45) is 0.282. The van der Waals surface area contributed by atoms with Gasteiger partial charge in [0.2, 0.25) is 11.9 Å². The largest absolute Gasteiger partial charge is 0.489 e. The Labute approximate surface area is 328 Å². The monoisotopic (exact) mass is 794 g/mol. The summed E-state index contributed by atoms with van der Waals surface area (Å²) in [6, 6.07) is 20.4. The summed E-state index contributed by atoms with van der Waals surface area (Å²) < 4.78 is 22.0. The Hall–Kier alpha value is -6.34. The molecule has 4 rings (SSSR count). The topological polar surface area (TPSA) is 213 Å². The lowest BCUT2D eigenvalue weighted by Gasteiger charge is -2.22. The molecule has 1 aliphatic rings. The molecule has 1 fully saturated rings. The minimum atomic E-state index is -0.835. The van der Waals surface area contributed by atoms with E-state index in [0.717, 1.165) is 17.7 Å². The van der Waals surface area contributed by atoms with Gasteiger partial charge in [0.1, 0.15) is 28.8 Å². The first-order valence-electron chi connectivity index (χ1n) is 17.0. The third-order valence-electron chi connectivity index (χ3n) is 6.97. The first kappa shape index (κ1) is 45.8. The van der Waals surface area contributed by atoms with E-state index in [1.807, 2.05) is 35.2 Å². The number of rotatable bonds is 8. The SMILES string of the molecule is CC(C)(C)OC(=O)NC(=Nc1ccc(C(=O)Oc2ccc(CCC(=O)N3CC[C@H](Oc4ccccc4)C3)c(Cl)c2)cc1)NC(=O)OC(C)(C)C.O=C=O.O=C=O. The predicted octanol–water partition coefficient (Wildman–Crippen LogP) is 6.04. The average Bonchev–Trinajstić information content (AvgIpc) is 3.56. The highest BCUT2D eigenvalue weighted by molar-refractivity contribution is 6.31. The normalized spacial score (nSPS) is 13.1. The molecule has 3 aromatic carbocycles. The predicted molar refractivity (Wildman–Crippen MR) is 199 cm³/mol. The quantitative estimate of drug-likeness (QED) is 0.116. The van der Waals surface area contributed by atoms with Crippen LogP contribution in [0.15, 0.2) is 77.8 Å². The van der Waals surface area contributed by atoms with Crippen LogP contribution >= 0.6 is 11.6 Å². The number of halogens is 1. The van der Waals surface area contributed by atoms with Gasteiger partial charge >= 0.3 is 30.5 Å². The van der Waals surface area contributed by atoms with E-state index in [4.69, 9.17) is 49.7 Å². The second-order valence-corrected chi connectivity index (χ2v) is 14.2. The van der Waals surface area contributed by atoms with Gasteiger partial charge in [-0.25, -0.2) is 19.4 Å². The van der Waals surface area contributed by atoms with Crippen LogP contribution in [0.3, 0.4) is 0 Å². The van der Waals surface area contributed by atoms with Gasteiger partial charge in [-0.3, -0.25) is 15.4 Å². The molecule has 1 aliphatic heterocycles. The molecular weight excluding hydrogens is 752 g/mol. The standard InChI is InChI=1S/C37H43ClN4O8.2CO2/c1-36(2,3)49-34(45)40-33(41-35(46)50-37(4,5)6)39-26-16-12-25(13-17-26)32(44)48-28-18-14-24(30(38)22-28)15-19-31(43)42-21-20-29(23-42)47-27-10-8-7-9-11-27;2*2-1-3/h7-14,16-18,22,29H,15,19-21,23H2,1-6H3,(H2,39,40,41,45,46);;/t29-;;/m0../s1. The second kappa shape index (κ2) is 22.1. The molecule has 1 saturated heterocycles. The number of aliphatic imine (C=N–C) groups is 1. The van der Waals surface area contributed by atoms with Crippen molar-refractivity contribution in [1.82, 2.24) is 15.5 Å². The van der Waals surface area contributed by atoms with Gasteiger partial charge in [0.15, 0.2) is 0 Å². The van der Waals surface area contributed by atoms with Crippen molar-refractivity contribution >= 4 is 59.6 Å². The lowest BCUT2D eigenvalue weighted by molar-refractivity contribution is -0.193. The summed E-state index contributed by atoms with van der Waals surface area (Å²) in [7, 11) is 0. The van der Waals surface area contributed by atoms with Crippen LogP contribution in [0.5, 0.6) is 11.5 Å². The molecule has 17 heteroatoms. The van der Waals surface area contributed by atoms with Gasteiger partial charge < -0.3 is 23.8 Å². The molecule has 0 aromatic heterocycles. The number of aryl methyl sites for hydroxylation is 1. The van der Waals surface area contributed by atoms with Crippen molar-refractivity contribution in [3.63, 3.8) is 0 Å². The van der Waals surface area contributed by atoms with Gasteiger partial charge in [-0.1, -0.05) is 35.9 Å². The number of nitrogens with one attached hydrogen (secondary N) is 2. The summed E-state index contributed by atoms with van der Waals surface area (Å²) in [4.78, 5) is 89.1. The molecule has 0 saturated carbocycles. The average molecular weight is 795 g/mol. The Morgan fingerprint density at radius 3 is 1.88 bits per heavy atom. The highest BCUT2D eigenvalue weighted by Gasteiger charge is 2.27. The zero-order valence-corrected chi connectivity index (χ0v) is 32.5. The van der Waals surface area contributed by atoms with Gasteiger partial charge in [-0.15, -0.1) is 0 Å². The zero-order valence-electron chi connectivity index (χ0n) is 31.7. The molecule has 1 heterocycles. The van der Waals surface area contributed by atoms with Crippen LogP contribution in [0, 0.1) is 0 Å². The Balaban J connectivity index is 0.00000169. The number of hydrogen-bond donors (Lipinski definition) is 2. The summed E-state index contributed by atoms with van der Waals surface area (Å²) >= 11 is 6.50. The third kappa shape index (κ3) is 17.7. The van der Waals surface area contributed by atoms with Crippen molar-refractivity contribution in [2.75, 3.05) is 13.1 Å². The Morgan fingerprint density at radius 2 is 1.36 bits per heavy atom. The summed E-state index contributed by atoms with van der Waals surface area (Å²) in [5, 5.41) is 5.19. The maximum Gasteiger partial charge on any atom is 0.414 e. The van der Waals surface area contributed by atoms with Crippen molar-refractivity contribution in [3.8, 4) is 11.5 Å². The van der Waals surface area contributed by atoms with Crippen molar-refractivity contribution in [3.05, 3.63) is 88.9 Å². The van der Waals surface area contributed by atoms with Crippen LogP contribution in [-0.4, -0.2) is 77.6 Å². The van der Waals surface area contributed by atoms with Gasteiger partial charge in [0.25, 0.3) is 0 Å². The minimum Gasteiger partial charge on any atom is -0.489 e. The van der Waals surface area contributed by atoms with E-state index in [-0.39, 0.29) is 48.0 Å². The lowest BCUT2D eigenvalue weighted by Crippen LogP contribution is -2.47. The Kier molecular flexibility index (Phi) is 18.1. The molecule has 298 valence electrons. The fourth-order valence-electron chi connectivity index (χ4n) is 4.79. The summed E-state index contributed by atoms with van der Waals surface area (Å²) in [6.45, 7) is 11.4. The smallest absolute Gasteiger partial charge is 0.414 e. The number of likely N-dealkylation sites (tertiary alicyclic amines) is 1. The molecule has 0 unspecified atom stereocenters. The third-order valence-corrected chi connectivity index (χ3v) is 7.32. The molecule has 56 heavy (non-hydrogen) atoms. The van der Waals surface area contributed by atoms with Crippen molar-refractivity contribution in [2.45, 2.75) is 78.1 Å². The number of nitrogens with zero attached hydrogens (tertiary/aromatic N) is 2. The molecule has 3 amide bonds. The van der Waals surface area contributed by atoms with Crippen LogP contribution < -0.4 is 20.1 Å². The van der Waals surface area contributed by atoms with E-state index >= 15 is 0 Å².